The highest BCUT2D eigenvalue weighted by Crippen LogP contribution is 2.19. The summed E-state index contributed by atoms with van der Waals surface area (Å²) in [5, 5.41) is 4.30. The molecule has 0 aromatic carbocycles. The minimum Gasteiger partial charge on any atom is -0.380 e. The van der Waals surface area contributed by atoms with Crippen LogP contribution in [0, 0.1) is 0 Å². The van der Waals surface area contributed by atoms with Gasteiger partial charge in [0, 0.05) is 58.3 Å². The second-order valence-corrected chi connectivity index (χ2v) is 5.21. The Morgan fingerprint density at radius 3 is 2.83 bits per heavy atom. The predicted molar refractivity (Wildman–Crippen MR) is 69.6 cm³/mol. The third-order valence-electron chi connectivity index (χ3n) is 3.88. The van der Waals surface area contributed by atoms with Gasteiger partial charge >= 0.3 is 0 Å². The van der Waals surface area contributed by atoms with Gasteiger partial charge in [0.05, 0.1) is 12.6 Å². The van der Waals surface area contributed by atoms with E-state index < -0.39 is 0 Å². The van der Waals surface area contributed by atoms with Gasteiger partial charge in [-0.1, -0.05) is 0 Å². The first-order chi connectivity index (χ1) is 8.92. The SMILES string of the molecule is c1cnn(C2CN(CCN3CCCOCC3)C2)c1. The van der Waals surface area contributed by atoms with Crippen LogP contribution in [0.15, 0.2) is 18.5 Å². The van der Waals surface area contributed by atoms with Gasteiger partial charge in [0.15, 0.2) is 0 Å². The van der Waals surface area contributed by atoms with Crippen molar-refractivity contribution in [1.82, 2.24) is 19.6 Å². The first-order valence-electron chi connectivity index (χ1n) is 6.93. The molecule has 0 N–H and O–H groups in total. The molecule has 0 aliphatic carbocycles. The lowest BCUT2D eigenvalue weighted by atomic mass is 10.1. The van der Waals surface area contributed by atoms with Gasteiger partial charge in [-0.2, -0.15) is 5.10 Å². The van der Waals surface area contributed by atoms with Gasteiger partial charge in [-0.3, -0.25) is 14.5 Å². The molecule has 100 valence electrons. The summed E-state index contributed by atoms with van der Waals surface area (Å²) in [7, 11) is 0. The van der Waals surface area contributed by atoms with Crippen LogP contribution in [0.5, 0.6) is 0 Å². The summed E-state index contributed by atoms with van der Waals surface area (Å²) in [6, 6.07) is 2.59. The zero-order valence-electron chi connectivity index (χ0n) is 10.9. The predicted octanol–water partition coefficient (Wildman–Crippen LogP) is 0.462. The lowest BCUT2D eigenvalue weighted by Gasteiger charge is -2.40. The molecule has 2 aliphatic rings. The molecule has 2 fully saturated rings. The Bertz CT molecular complexity index is 340. The van der Waals surface area contributed by atoms with Gasteiger partial charge in [-0.15, -0.1) is 0 Å². The number of likely N-dealkylation sites (tertiary alicyclic amines) is 1. The van der Waals surface area contributed by atoms with E-state index in [9.17, 15) is 0 Å². The minimum absolute atomic E-state index is 0.590. The molecule has 0 amide bonds. The first kappa shape index (κ1) is 12.1. The number of nitrogens with zero attached hydrogens (tertiary/aromatic N) is 4. The standard InChI is InChI=1S/C13H22N4O/c1-3-14-17(5-1)13-11-16(12-13)7-6-15-4-2-9-18-10-8-15/h1,3,5,13H,2,4,6-12H2. The molecule has 0 spiro atoms. The molecule has 2 aliphatic heterocycles. The van der Waals surface area contributed by atoms with Crippen molar-refractivity contribution in [3.8, 4) is 0 Å². The smallest absolute Gasteiger partial charge is 0.0772 e. The lowest BCUT2D eigenvalue weighted by molar-refractivity contribution is 0.0822. The van der Waals surface area contributed by atoms with Crippen LogP contribution in [0.4, 0.5) is 0 Å². The van der Waals surface area contributed by atoms with E-state index in [1.54, 1.807) is 0 Å². The molecule has 3 rings (SSSR count). The van der Waals surface area contributed by atoms with Crippen molar-refractivity contribution in [2.75, 3.05) is 52.5 Å². The third-order valence-corrected chi connectivity index (χ3v) is 3.88. The topological polar surface area (TPSA) is 33.5 Å². The normalized spacial score (nSPS) is 23.8. The van der Waals surface area contributed by atoms with Crippen molar-refractivity contribution in [2.45, 2.75) is 12.5 Å². The van der Waals surface area contributed by atoms with Crippen LogP contribution in [0.3, 0.4) is 0 Å². The second-order valence-electron chi connectivity index (χ2n) is 5.21. The van der Waals surface area contributed by atoms with Crippen molar-refractivity contribution in [3.05, 3.63) is 18.5 Å². The van der Waals surface area contributed by atoms with E-state index in [1.807, 2.05) is 12.3 Å². The summed E-state index contributed by atoms with van der Waals surface area (Å²) < 4.78 is 7.55. The minimum atomic E-state index is 0.590. The molecule has 0 unspecified atom stereocenters. The highest BCUT2D eigenvalue weighted by molar-refractivity contribution is 4.89. The molecular formula is C13H22N4O. The van der Waals surface area contributed by atoms with Crippen molar-refractivity contribution < 1.29 is 4.74 Å². The second kappa shape index (κ2) is 5.82. The average molecular weight is 250 g/mol. The molecule has 0 atom stereocenters. The van der Waals surface area contributed by atoms with E-state index in [0.717, 1.165) is 32.8 Å². The number of rotatable bonds is 4. The molecular weight excluding hydrogens is 228 g/mol. The summed E-state index contributed by atoms with van der Waals surface area (Å²) in [6.45, 7) is 8.76. The number of ether oxygens (including phenoxy) is 1. The van der Waals surface area contributed by atoms with Gasteiger partial charge in [-0.25, -0.2) is 0 Å². The highest BCUT2D eigenvalue weighted by Gasteiger charge is 2.28. The number of hydrogen-bond donors (Lipinski definition) is 0. The van der Waals surface area contributed by atoms with Crippen molar-refractivity contribution in [3.63, 3.8) is 0 Å². The van der Waals surface area contributed by atoms with Gasteiger partial charge in [0.2, 0.25) is 0 Å². The lowest BCUT2D eigenvalue weighted by Crippen LogP contribution is -2.50. The Balaban J connectivity index is 1.35. The molecule has 5 heteroatoms. The van der Waals surface area contributed by atoms with Crippen LogP contribution in [0.2, 0.25) is 0 Å². The maximum atomic E-state index is 5.47. The molecule has 0 bridgehead atoms. The van der Waals surface area contributed by atoms with Crippen molar-refractivity contribution >= 4 is 0 Å². The van der Waals surface area contributed by atoms with E-state index in [4.69, 9.17) is 4.74 Å². The molecule has 5 nitrogen and oxygen atoms in total. The van der Waals surface area contributed by atoms with Gasteiger partial charge in [0.25, 0.3) is 0 Å². The summed E-state index contributed by atoms with van der Waals surface area (Å²) >= 11 is 0. The van der Waals surface area contributed by atoms with E-state index in [1.165, 1.54) is 26.1 Å². The summed E-state index contributed by atoms with van der Waals surface area (Å²) in [5.41, 5.74) is 0. The quantitative estimate of drug-likeness (QED) is 0.777. The van der Waals surface area contributed by atoms with Crippen LogP contribution >= 0.6 is 0 Å². The van der Waals surface area contributed by atoms with Crippen molar-refractivity contribution in [1.29, 1.82) is 0 Å². The van der Waals surface area contributed by atoms with Gasteiger partial charge in [-0.05, 0) is 12.5 Å². The Kier molecular flexibility index (Phi) is 3.93. The third kappa shape index (κ3) is 2.91. The fourth-order valence-corrected chi connectivity index (χ4v) is 2.69. The van der Waals surface area contributed by atoms with E-state index in [2.05, 4.69) is 25.8 Å². The Labute approximate surface area is 108 Å². The summed E-state index contributed by atoms with van der Waals surface area (Å²) in [6.07, 6.45) is 5.10. The fraction of sp³-hybridized carbons (Fsp3) is 0.769. The largest absolute Gasteiger partial charge is 0.380 e. The Morgan fingerprint density at radius 2 is 2.00 bits per heavy atom. The molecule has 0 radical (unpaired) electrons. The van der Waals surface area contributed by atoms with Crippen LogP contribution in [-0.4, -0.2) is 72.1 Å². The van der Waals surface area contributed by atoms with E-state index in [0.29, 0.717) is 6.04 Å². The molecule has 2 saturated heterocycles. The van der Waals surface area contributed by atoms with Crippen LogP contribution in [0.25, 0.3) is 0 Å². The number of aromatic nitrogens is 2. The first-order valence-corrected chi connectivity index (χ1v) is 6.93. The molecule has 0 saturated carbocycles. The van der Waals surface area contributed by atoms with Crippen LogP contribution < -0.4 is 0 Å². The summed E-state index contributed by atoms with van der Waals surface area (Å²) in [5.74, 6) is 0. The van der Waals surface area contributed by atoms with Gasteiger partial charge < -0.3 is 4.74 Å². The average Bonchev–Trinajstić information content (AvgIpc) is 2.71. The summed E-state index contributed by atoms with van der Waals surface area (Å²) in [4.78, 5) is 5.03. The molecule has 3 heterocycles. The fourth-order valence-electron chi connectivity index (χ4n) is 2.69. The monoisotopic (exact) mass is 250 g/mol. The maximum Gasteiger partial charge on any atom is 0.0772 e. The van der Waals surface area contributed by atoms with Gasteiger partial charge in [0.1, 0.15) is 0 Å². The number of hydrogen-bond acceptors (Lipinski definition) is 4. The van der Waals surface area contributed by atoms with E-state index in [-0.39, 0.29) is 0 Å². The van der Waals surface area contributed by atoms with E-state index >= 15 is 0 Å². The van der Waals surface area contributed by atoms with Crippen molar-refractivity contribution in [2.24, 2.45) is 0 Å². The van der Waals surface area contributed by atoms with Crippen LogP contribution in [0.1, 0.15) is 12.5 Å². The zero-order valence-corrected chi connectivity index (χ0v) is 10.9. The zero-order chi connectivity index (χ0) is 12.2. The molecule has 18 heavy (non-hydrogen) atoms. The van der Waals surface area contributed by atoms with Crippen LogP contribution in [-0.2, 0) is 4.74 Å². The highest BCUT2D eigenvalue weighted by atomic mass is 16.5. The Hall–Kier alpha value is -0.910. The molecule has 1 aromatic rings. The molecule has 1 aromatic heterocycles. The maximum absolute atomic E-state index is 5.47. The Morgan fingerprint density at radius 1 is 1.11 bits per heavy atom.